The number of rotatable bonds is 10. The van der Waals surface area contributed by atoms with Crippen LogP contribution in [0.25, 0.3) is 0 Å². The fourth-order valence-corrected chi connectivity index (χ4v) is 3.29. The van der Waals surface area contributed by atoms with Crippen LogP contribution in [0.3, 0.4) is 0 Å². The van der Waals surface area contributed by atoms with E-state index in [9.17, 15) is 4.79 Å². The van der Waals surface area contributed by atoms with Crippen molar-refractivity contribution in [1.82, 2.24) is 15.5 Å². The first kappa shape index (κ1) is 23.5. The number of ether oxygens (including phenoxy) is 2. The van der Waals surface area contributed by atoms with E-state index in [1.807, 2.05) is 50.4 Å². The number of benzene rings is 1. The van der Waals surface area contributed by atoms with Gasteiger partial charge < -0.3 is 25.0 Å². The largest absolute Gasteiger partial charge is 0.490 e. The van der Waals surface area contributed by atoms with Crippen molar-refractivity contribution in [2.24, 2.45) is 4.99 Å². The average Bonchev–Trinajstić information content (AvgIpc) is 3.24. The molecule has 1 heterocycles. The Hall–Kier alpha value is -2.74. The highest BCUT2D eigenvalue weighted by molar-refractivity contribution is 7.09. The van der Waals surface area contributed by atoms with Gasteiger partial charge in [-0.2, -0.15) is 0 Å². The van der Waals surface area contributed by atoms with E-state index in [-0.39, 0.29) is 18.5 Å². The molecule has 8 heteroatoms. The number of carbonyl (C=O) groups excluding carboxylic acids is 1. The summed E-state index contributed by atoms with van der Waals surface area (Å²) < 4.78 is 11.4. The van der Waals surface area contributed by atoms with Crippen LogP contribution in [0, 0.1) is 0 Å². The van der Waals surface area contributed by atoms with Crippen LogP contribution in [0.15, 0.2) is 40.7 Å². The Morgan fingerprint density at radius 2 is 1.90 bits per heavy atom. The van der Waals surface area contributed by atoms with Gasteiger partial charge in [0.05, 0.1) is 25.8 Å². The summed E-state index contributed by atoms with van der Waals surface area (Å²) in [5.41, 5.74) is 1.03. The van der Waals surface area contributed by atoms with Gasteiger partial charge >= 0.3 is 0 Å². The van der Waals surface area contributed by atoms with Gasteiger partial charge in [0.2, 0.25) is 5.91 Å². The molecule has 7 nitrogen and oxygen atoms in total. The van der Waals surface area contributed by atoms with Crippen LogP contribution in [0.5, 0.6) is 11.5 Å². The van der Waals surface area contributed by atoms with E-state index in [1.54, 1.807) is 25.4 Å². The number of guanidine groups is 1. The number of thiophene rings is 1. The van der Waals surface area contributed by atoms with Gasteiger partial charge in [-0.3, -0.25) is 4.79 Å². The molecular weight excluding hydrogens is 400 g/mol. The first-order valence-corrected chi connectivity index (χ1v) is 11.0. The molecule has 0 spiro atoms. The Morgan fingerprint density at radius 1 is 1.17 bits per heavy atom. The van der Waals surface area contributed by atoms with Crippen molar-refractivity contribution >= 4 is 23.2 Å². The molecule has 0 radical (unpaired) electrons. The SMILES string of the molecule is CCOc1ccc(C(C)NC(=NCC(=O)N(C)C)NCc2cccs2)cc1OCC. The number of carbonyl (C=O) groups is 1. The molecule has 2 aromatic rings. The van der Waals surface area contributed by atoms with Crippen molar-refractivity contribution < 1.29 is 14.3 Å². The first-order chi connectivity index (χ1) is 14.4. The molecule has 30 heavy (non-hydrogen) atoms. The summed E-state index contributed by atoms with van der Waals surface area (Å²) >= 11 is 1.67. The first-order valence-electron chi connectivity index (χ1n) is 10.1. The van der Waals surface area contributed by atoms with Crippen LogP contribution < -0.4 is 20.1 Å². The molecule has 1 aromatic heterocycles. The molecule has 0 saturated carbocycles. The third kappa shape index (κ3) is 7.26. The van der Waals surface area contributed by atoms with Crippen molar-refractivity contribution in [3.05, 3.63) is 46.2 Å². The molecule has 0 aliphatic carbocycles. The van der Waals surface area contributed by atoms with Gasteiger partial charge in [0.25, 0.3) is 0 Å². The van der Waals surface area contributed by atoms with E-state index >= 15 is 0 Å². The third-order valence-corrected chi connectivity index (χ3v) is 5.18. The second-order valence-electron chi connectivity index (χ2n) is 6.82. The lowest BCUT2D eigenvalue weighted by Crippen LogP contribution is -2.39. The lowest BCUT2D eigenvalue weighted by atomic mass is 10.1. The molecule has 0 bridgehead atoms. The minimum Gasteiger partial charge on any atom is -0.490 e. The minimum atomic E-state index is -0.0559. The Morgan fingerprint density at radius 3 is 2.53 bits per heavy atom. The summed E-state index contributed by atoms with van der Waals surface area (Å²) in [7, 11) is 3.45. The predicted molar refractivity (Wildman–Crippen MR) is 122 cm³/mol. The van der Waals surface area contributed by atoms with Crippen LogP contribution >= 0.6 is 11.3 Å². The number of hydrogen-bond acceptors (Lipinski definition) is 5. The fraction of sp³-hybridized carbons (Fsp3) is 0.455. The molecule has 164 valence electrons. The smallest absolute Gasteiger partial charge is 0.243 e. The highest BCUT2D eigenvalue weighted by Crippen LogP contribution is 2.30. The Kier molecular flexibility index (Phi) is 9.47. The lowest BCUT2D eigenvalue weighted by Gasteiger charge is -2.20. The highest BCUT2D eigenvalue weighted by atomic mass is 32.1. The summed E-state index contributed by atoms with van der Waals surface area (Å²) in [5, 5.41) is 8.73. The van der Waals surface area contributed by atoms with Crippen LogP contribution in [0.1, 0.15) is 37.3 Å². The van der Waals surface area contributed by atoms with Gasteiger partial charge in [0.15, 0.2) is 17.5 Å². The summed E-state index contributed by atoms with van der Waals surface area (Å²) in [6.07, 6.45) is 0. The number of hydrogen-bond donors (Lipinski definition) is 2. The van der Waals surface area contributed by atoms with E-state index in [4.69, 9.17) is 9.47 Å². The van der Waals surface area contributed by atoms with Gasteiger partial charge in [-0.05, 0) is 49.9 Å². The second kappa shape index (κ2) is 12.1. The lowest BCUT2D eigenvalue weighted by molar-refractivity contribution is -0.127. The molecule has 1 amide bonds. The molecule has 2 N–H and O–H groups in total. The normalized spacial score (nSPS) is 12.2. The second-order valence-corrected chi connectivity index (χ2v) is 7.86. The van der Waals surface area contributed by atoms with Crippen molar-refractivity contribution in [1.29, 1.82) is 0 Å². The zero-order chi connectivity index (χ0) is 21.9. The van der Waals surface area contributed by atoms with Gasteiger partial charge in [-0.25, -0.2) is 4.99 Å². The standard InChI is InChI=1S/C22H32N4O3S/c1-6-28-19-11-10-17(13-20(19)29-7-2)16(3)25-22(24-15-21(27)26(4)5)23-14-18-9-8-12-30-18/h8-13,16H,6-7,14-15H2,1-5H3,(H2,23,24,25). The summed E-state index contributed by atoms with van der Waals surface area (Å²) in [4.78, 5) is 19.2. The monoisotopic (exact) mass is 432 g/mol. The molecule has 0 fully saturated rings. The average molecular weight is 433 g/mol. The topological polar surface area (TPSA) is 75.2 Å². The maximum absolute atomic E-state index is 12.0. The number of nitrogens with one attached hydrogen (secondary N) is 2. The van der Waals surface area contributed by atoms with Crippen molar-refractivity contribution in [2.75, 3.05) is 33.9 Å². The third-order valence-electron chi connectivity index (χ3n) is 4.30. The van der Waals surface area contributed by atoms with Gasteiger partial charge in [-0.15, -0.1) is 11.3 Å². The van der Waals surface area contributed by atoms with E-state index in [2.05, 4.69) is 21.7 Å². The van der Waals surface area contributed by atoms with Gasteiger partial charge in [0.1, 0.15) is 6.54 Å². The quantitative estimate of drug-likeness (QED) is 0.444. The Balaban J connectivity index is 2.14. The van der Waals surface area contributed by atoms with E-state index in [0.29, 0.717) is 25.7 Å². The maximum atomic E-state index is 12.0. The van der Waals surface area contributed by atoms with E-state index in [1.165, 1.54) is 9.78 Å². The van der Waals surface area contributed by atoms with Crippen LogP contribution in [-0.2, 0) is 11.3 Å². The molecule has 0 saturated heterocycles. The number of likely N-dealkylation sites (N-methyl/N-ethyl adjacent to an activating group) is 1. The van der Waals surface area contributed by atoms with Gasteiger partial charge in [0, 0.05) is 19.0 Å². The summed E-state index contributed by atoms with van der Waals surface area (Å²) in [6.45, 7) is 7.80. The summed E-state index contributed by atoms with van der Waals surface area (Å²) in [5.74, 6) is 1.98. The van der Waals surface area contributed by atoms with Crippen LogP contribution in [-0.4, -0.2) is 50.6 Å². The molecule has 0 aliphatic rings. The highest BCUT2D eigenvalue weighted by Gasteiger charge is 2.13. The molecular formula is C22H32N4O3S. The zero-order valence-electron chi connectivity index (χ0n) is 18.4. The number of aliphatic imine (C=N–C) groups is 1. The Labute approximate surface area is 183 Å². The molecule has 1 atom stereocenters. The summed E-state index contributed by atoms with van der Waals surface area (Å²) in [6, 6.07) is 9.93. The van der Waals surface area contributed by atoms with Crippen molar-refractivity contribution in [3.8, 4) is 11.5 Å². The molecule has 2 rings (SSSR count). The fourth-order valence-electron chi connectivity index (χ4n) is 2.65. The van der Waals surface area contributed by atoms with E-state index < -0.39 is 0 Å². The minimum absolute atomic E-state index is 0.0519. The van der Waals surface area contributed by atoms with Crippen molar-refractivity contribution in [3.63, 3.8) is 0 Å². The Bertz CT molecular complexity index is 822. The maximum Gasteiger partial charge on any atom is 0.243 e. The molecule has 1 unspecified atom stereocenters. The number of amides is 1. The van der Waals surface area contributed by atoms with Crippen LogP contribution in [0.4, 0.5) is 0 Å². The van der Waals surface area contributed by atoms with Gasteiger partial charge in [-0.1, -0.05) is 12.1 Å². The molecule has 1 aromatic carbocycles. The number of nitrogens with zero attached hydrogens (tertiary/aromatic N) is 2. The predicted octanol–water partition coefficient (Wildman–Crippen LogP) is 3.43. The van der Waals surface area contributed by atoms with Crippen LogP contribution in [0.2, 0.25) is 0 Å². The van der Waals surface area contributed by atoms with Crippen molar-refractivity contribution in [2.45, 2.75) is 33.4 Å². The van der Waals surface area contributed by atoms with E-state index in [0.717, 1.165) is 17.1 Å². The molecule has 0 aliphatic heterocycles. The zero-order valence-corrected chi connectivity index (χ0v) is 19.2.